The molecule has 0 fully saturated rings. The Morgan fingerprint density at radius 1 is 1.33 bits per heavy atom. The van der Waals surface area contributed by atoms with Crippen molar-refractivity contribution in [2.75, 3.05) is 0 Å². The summed E-state index contributed by atoms with van der Waals surface area (Å²) < 4.78 is 28.5. The standard InChI is InChI=1S/C14H17F2N3O2/c1-9(10(2)20)14(21,6-19-8-17-7-18-19)12-4-3-11(15)5-13(12)16/h3-5,7-10,20-21H,6H2,1-2H3/t9-,10?,14?/m1/s1. The van der Waals surface area contributed by atoms with Crippen LogP contribution in [0, 0.1) is 17.6 Å². The van der Waals surface area contributed by atoms with Crippen molar-refractivity contribution in [2.24, 2.45) is 5.92 Å². The molecule has 0 aliphatic rings. The van der Waals surface area contributed by atoms with Gasteiger partial charge in [0.15, 0.2) is 0 Å². The highest BCUT2D eigenvalue weighted by molar-refractivity contribution is 5.26. The molecule has 0 saturated heterocycles. The van der Waals surface area contributed by atoms with Crippen LogP contribution < -0.4 is 0 Å². The van der Waals surface area contributed by atoms with E-state index in [1.807, 2.05) is 0 Å². The summed E-state index contributed by atoms with van der Waals surface area (Å²) in [6.45, 7) is 2.98. The van der Waals surface area contributed by atoms with Crippen molar-refractivity contribution in [2.45, 2.75) is 32.1 Å². The predicted octanol–water partition coefficient (Wildman–Crippen LogP) is 1.46. The first-order chi connectivity index (χ1) is 9.84. The summed E-state index contributed by atoms with van der Waals surface area (Å²) in [6, 6.07) is 2.95. The molecule has 0 spiro atoms. The van der Waals surface area contributed by atoms with Gasteiger partial charge in [0.1, 0.15) is 29.9 Å². The largest absolute Gasteiger partial charge is 0.393 e. The molecule has 2 N–H and O–H groups in total. The fourth-order valence-electron chi connectivity index (χ4n) is 2.28. The van der Waals surface area contributed by atoms with E-state index in [9.17, 15) is 19.0 Å². The molecule has 7 heteroatoms. The quantitative estimate of drug-likeness (QED) is 0.876. The second-order valence-electron chi connectivity index (χ2n) is 5.17. The molecule has 1 aromatic heterocycles. The molecule has 0 amide bonds. The van der Waals surface area contributed by atoms with Crippen molar-refractivity contribution in [1.29, 1.82) is 0 Å². The van der Waals surface area contributed by atoms with Gasteiger partial charge in [0.2, 0.25) is 0 Å². The lowest BCUT2D eigenvalue weighted by molar-refractivity contribution is -0.0800. The third-order valence-electron chi connectivity index (χ3n) is 3.74. The first-order valence-electron chi connectivity index (χ1n) is 6.53. The third-order valence-corrected chi connectivity index (χ3v) is 3.74. The summed E-state index contributed by atoms with van der Waals surface area (Å²) >= 11 is 0. The summed E-state index contributed by atoms with van der Waals surface area (Å²) in [6.07, 6.45) is 1.76. The van der Waals surface area contributed by atoms with Gasteiger partial charge in [0.05, 0.1) is 12.6 Å². The lowest BCUT2D eigenvalue weighted by atomic mass is 9.79. The Morgan fingerprint density at radius 3 is 2.57 bits per heavy atom. The molecular weight excluding hydrogens is 280 g/mol. The molecule has 2 unspecified atom stereocenters. The van der Waals surface area contributed by atoms with Gasteiger partial charge in [-0.1, -0.05) is 13.0 Å². The first-order valence-corrected chi connectivity index (χ1v) is 6.53. The highest BCUT2D eigenvalue weighted by Crippen LogP contribution is 2.35. The number of hydrogen-bond donors (Lipinski definition) is 2. The van der Waals surface area contributed by atoms with E-state index in [1.165, 1.54) is 30.3 Å². The minimum absolute atomic E-state index is 0.0900. The first kappa shape index (κ1) is 15.5. The van der Waals surface area contributed by atoms with E-state index in [0.717, 1.165) is 6.07 Å². The molecule has 2 aromatic rings. The van der Waals surface area contributed by atoms with Crippen LogP contribution in [0.25, 0.3) is 0 Å². The molecule has 5 nitrogen and oxygen atoms in total. The number of aromatic nitrogens is 3. The molecule has 1 aromatic carbocycles. The lowest BCUT2D eigenvalue weighted by Crippen LogP contribution is -2.43. The van der Waals surface area contributed by atoms with Crippen molar-refractivity contribution in [3.05, 3.63) is 48.1 Å². The Kier molecular flexibility index (Phi) is 4.34. The number of nitrogens with zero attached hydrogens (tertiary/aromatic N) is 3. The monoisotopic (exact) mass is 297 g/mol. The highest BCUT2D eigenvalue weighted by atomic mass is 19.1. The molecule has 114 valence electrons. The number of halogens is 2. The predicted molar refractivity (Wildman–Crippen MR) is 71.1 cm³/mol. The van der Waals surface area contributed by atoms with Crippen LogP contribution >= 0.6 is 0 Å². The topological polar surface area (TPSA) is 71.2 Å². The van der Waals surface area contributed by atoms with Gasteiger partial charge in [-0.3, -0.25) is 0 Å². The molecule has 0 radical (unpaired) electrons. The SMILES string of the molecule is CC(O)[C@@H](C)C(O)(Cn1cncn1)c1ccc(F)cc1F. The molecule has 0 aliphatic heterocycles. The summed E-state index contributed by atoms with van der Waals surface area (Å²) in [4.78, 5) is 3.77. The zero-order valence-electron chi connectivity index (χ0n) is 11.7. The van der Waals surface area contributed by atoms with Gasteiger partial charge < -0.3 is 10.2 Å². The zero-order chi connectivity index (χ0) is 15.6. The van der Waals surface area contributed by atoms with Crippen molar-refractivity contribution >= 4 is 0 Å². The van der Waals surface area contributed by atoms with E-state index < -0.39 is 29.3 Å². The Labute approximate surface area is 120 Å². The van der Waals surface area contributed by atoms with Gasteiger partial charge in [-0.05, 0) is 13.0 Å². The Bertz CT molecular complexity index is 604. The van der Waals surface area contributed by atoms with Crippen LogP contribution in [0.5, 0.6) is 0 Å². The van der Waals surface area contributed by atoms with E-state index in [4.69, 9.17) is 0 Å². The number of benzene rings is 1. The van der Waals surface area contributed by atoms with Crippen molar-refractivity contribution in [1.82, 2.24) is 14.8 Å². The Hall–Kier alpha value is -1.86. The van der Waals surface area contributed by atoms with Crippen molar-refractivity contribution < 1.29 is 19.0 Å². The van der Waals surface area contributed by atoms with Gasteiger partial charge in [0, 0.05) is 17.5 Å². The van der Waals surface area contributed by atoms with Gasteiger partial charge >= 0.3 is 0 Å². The molecule has 0 bridgehead atoms. The summed E-state index contributed by atoms with van der Waals surface area (Å²) in [5.74, 6) is -2.31. The smallest absolute Gasteiger partial charge is 0.137 e. The second kappa shape index (κ2) is 5.87. The van der Waals surface area contributed by atoms with Gasteiger partial charge in [-0.2, -0.15) is 5.10 Å². The fraction of sp³-hybridized carbons (Fsp3) is 0.429. The molecule has 21 heavy (non-hydrogen) atoms. The number of aliphatic hydroxyl groups is 2. The van der Waals surface area contributed by atoms with Crippen LogP contribution in [-0.4, -0.2) is 31.1 Å². The Morgan fingerprint density at radius 2 is 2.05 bits per heavy atom. The summed E-state index contributed by atoms with van der Waals surface area (Å²) in [5.41, 5.74) is -1.84. The van der Waals surface area contributed by atoms with Crippen molar-refractivity contribution in [3.8, 4) is 0 Å². The van der Waals surface area contributed by atoms with Crippen molar-refractivity contribution in [3.63, 3.8) is 0 Å². The van der Waals surface area contributed by atoms with Gasteiger partial charge in [0.25, 0.3) is 0 Å². The number of rotatable bonds is 5. The van der Waals surface area contributed by atoms with Crippen LogP contribution in [-0.2, 0) is 12.1 Å². The van der Waals surface area contributed by atoms with E-state index in [0.29, 0.717) is 6.07 Å². The number of hydrogen-bond acceptors (Lipinski definition) is 4. The minimum Gasteiger partial charge on any atom is -0.393 e. The normalized spacial score (nSPS) is 17.2. The third kappa shape index (κ3) is 3.08. The molecule has 3 atom stereocenters. The molecule has 0 saturated carbocycles. The zero-order valence-corrected chi connectivity index (χ0v) is 11.7. The molecule has 1 heterocycles. The van der Waals surface area contributed by atoms with Crippen LogP contribution in [0.4, 0.5) is 8.78 Å². The van der Waals surface area contributed by atoms with Crippen LogP contribution in [0.2, 0.25) is 0 Å². The van der Waals surface area contributed by atoms with Crippen LogP contribution in [0.1, 0.15) is 19.4 Å². The fourth-order valence-corrected chi connectivity index (χ4v) is 2.28. The highest BCUT2D eigenvalue weighted by Gasteiger charge is 2.41. The van der Waals surface area contributed by atoms with Crippen LogP contribution in [0.3, 0.4) is 0 Å². The van der Waals surface area contributed by atoms with Gasteiger partial charge in [-0.25, -0.2) is 18.4 Å². The molecular formula is C14H17F2N3O2. The maximum absolute atomic E-state index is 14.1. The summed E-state index contributed by atoms with van der Waals surface area (Å²) in [5, 5.41) is 24.6. The van der Waals surface area contributed by atoms with Gasteiger partial charge in [-0.15, -0.1) is 0 Å². The minimum atomic E-state index is -1.75. The van der Waals surface area contributed by atoms with Crippen LogP contribution in [0.15, 0.2) is 30.9 Å². The lowest BCUT2D eigenvalue weighted by Gasteiger charge is -2.36. The molecule has 0 aliphatic carbocycles. The maximum atomic E-state index is 14.1. The molecule has 2 rings (SSSR count). The van der Waals surface area contributed by atoms with E-state index in [2.05, 4.69) is 10.1 Å². The van der Waals surface area contributed by atoms with E-state index >= 15 is 0 Å². The van der Waals surface area contributed by atoms with E-state index in [-0.39, 0.29) is 12.1 Å². The number of aliphatic hydroxyl groups excluding tert-OH is 1. The second-order valence-corrected chi connectivity index (χ2v) is 5.17. The average molecular weight is 297 g/mol. The Balaban J connectivity index is 2.49. The average Bonchev–Trinajstić information content (AvgIpc) is 2.89. The summed E-state index contributed by atoms with van der Waals surface area (Å²) in [7, 11) is 0. The van der Waals surface area contributed by atoms with E-state index in [1.54, 1.807) is 6.92 Å². The maximum Gasteiger partial charge on any atom is 0.137 e.